The molecule has 0 aromatic heterocycles. The predicted octanol–water partition coefficient (Wildman–Crippen LogP) is 7.93. The molecule has 0 heterocycles. The number of fused-ring (bicyclic) bond motifs is 3. The molecule has 0 amide bonds. The van der Waals surface area contributed by atoms with E-state index < -0.39 is 29.2 Å². The van der Waals surface area contributed by atoms with Gasteiger partial charge in [0.1, 0.15) is 17.5 Å². The average molecular weight is 438 g/mol. The molecule has 0 unspecified atom stereocenters. The predicted molar refractivity (Wildman–Crippen MR) is 107 cm³/mol. The first kappa shape index (κ1) is 22.0. The number of benzene rings is 2. The monoisotopic (exact) mass is 438 g/mol. The zero-order valence-corrected chi connectivity index (χ0v) is 17.2. The van der Waals surface area contributed by atoms with Crippen molar-refractivity contribution in [3.63, 3.8) is 0 Å². The van der Waals surface area contributed by atoms with E-state index >= 15 is 0 Å². The highest BCUT2D eigenvalue weighted by molar-refractivity contribution is 5.39. The summed E-state index contributed by atoms with van der Waals surface area (Å²) in [6, 6.07) is 5.47. The van der Waals surface area contributed by atoms with E-state index in [1.165, 1.54) is 12.1 Å². The molecule has 2 aliphatic rings. The molecule has 0 radical (unpaired) electrons. The molecule has 0 N–H and O–H groups in total. The third kappa shape index (κ3) is 4.13. The van der Waals surface area contributed by atoms with E-state index in [1.54, 1.807) is 0 Å². The van der Waals surface area contributed by atoms with Crippen molar-refractivity contribution < 1.29 is 26.3 Å². The quantitative estimate of drug-likeness (QED) is 0.337. The molecule has 0 nitrogen and oxygen atoms in total. The van der Waals surface area contributed by atoms with Gasteiger partial charge in [0.2, 0.25) is 0 Å². The third-order valence-electron chi connectivity index (χ3n) is 6.87. The van der Waals surface area contributed by atoms with Gasteiger partial charge in [0.25, 0.3) is 0 Å². The topological polar surface area (TPSA) is 0 Å². The van der Waals surface area contributed by atoms with Crippen molar-refractivity contribution in [1.82, 2.24) is 0 Å². The SMILES string of the molecule is CC/C=C/[C@@H]1CC[C@H]2c3cc(F)cc(F)c3CC[C@@H]2[C@H]1c1ccc(C(F)(F)F)c(F)c1. The lowest BCUT2D eigenvalue weighted by atomic mass is 9.58. The molecule has 166 valence electrons. The number of halogens is 6. The zero-order chi connectivity index (χ0) is 22.3. The van der Waals surface area contributed by atoms with Gasteiger partial charge in [0.05, 0.1) is 5.56 Å². The third-order valence-corrected chi connectivity index (χ3v) is 6.87. The number of rotatable bonds is 3. The zero-order valence-electron chi connectivity index (χ0n) is 17.2. The second kappa shape index (κ2) is 8.36. The molecule has 0 spiro atoms. The highest BCUT2D eigenvalue weighted by Crippen LogP contribution is 2.54. The summed E-state index contributed by atoms with van der Waals surface area (Å²) in [7, 11) is 0. The van der Waals surface area contributed by atoms with Crippen LogP contribution in [0.2, 0.25) is 0 Å². The number of alkyl halides is 3. The Morgan fingerprint density at radius 1 is 0.968 bits per heavy atom. The Balaban J connectivity index is 1.77. The van der Waals surface area contributed by atoms with E-state index in [0.717, 1.165) is 37.5 Å². The highest BCUT2D eigenvalue weighted by atomic mass is 19.4. The van der Waals surface area contributed by atoms with Gasteiger partial charge in [0, 0.05) is 6.07 Å². The number of hydrogen-bond donors (Lipinski definition) is 0. The van der Waals surface area contributed by atoms with Crippen molar-refractivity contribution in [3.8, 4) is 0 Å². The fourth-order valence-electron chi connectivity index (χ4n) is 5.62. The smallest absolute Gasteiger partial charge is 0.207 e. The Labute approximate surface area is 178 Å². The Kier molecular flexibility index (Phi) is 5.93. The van der Waals surface area contributed by atoms with Gasteiger partial charge in [0.15, 0.2) is 0 Å². The van der Waals surface area contributed by atoms with Crippen LogP contribution >= 0.6 is 0 Å². The maximum absolute atomic E-state index is 14.4. The number of allylic oxidation sites excluding steroid dienone is 2. The van der Waals surface area contributed by atoms with E-state index in [9.17, 15) is 26.3 Å². The maximum atomic E-state index is 14.4. The van der Waals surface area contributed by atoms with Gasteiger partial charge >= 0.3 is 6.18 Å². The molecule has 1 fully saturated rings. The molecule has 0 aliphatic heterocycles. The molecular formula is C25H24F6. The first-order chi connectivity index (χ1) is 14.7. The summed E-state index contributed by atoms with van der Waals surface area (Å²) in [4.78, 5) is 0. The molecule has 2 aromatic rings. The van der Waals surface area contributed by atoms with Crippen molar-refractivity contribution in [2.45, 2.75) is 57.0 Å². The second-order valence-corrected chi connectivity index (χ2v) is 8.60. The van der Waals surface area contributed by atoms with E-state index in [-0.39, 0.29) is 23.7 Å². The van der Waals surface area contributed by atoms with Gasteiger partial charge in [-0.05, 0) is 90.7 Å². The largest absolute Gasteiger partial charge is 0.419 e. The molecule has 6 heteroatoms. The van der Waals surface area contributed by atoms with Gasteiger partial charge in [-0.25, -0.2) is 13.2 Å². The van der Waals surface area contributed by atoms with Gasteiger partial charge in [-0.3, -0.25) is 0 Å². The first-order valence-electron chi connectivity index (χ1n) is 10.7. The van der Waals surface area contributed by atoms with Crippen LogP contribution in [0.4, 0.5) is 26.3 Å². The van der Waals surface area contributed by atoms with E-state index in [4.69, 9.17) is 0 Å². The Bertz CT molecular complexity index is 990. The Hall–Kier alpha value is -2.24. The van der Waals surface area contributed by atoms with Crippen LogP contribution in [-0.4, -0.2) is 0 Å². The Morgan fingerprint density at radius 3 is 2.42 bits per heavy atom. The van der Waals surface area contributed by atoms with Crippen molar-refractivity contribution in [1.29, 1.82) is 0 Å². The summed E-state index contributed by atoms with van der Waals surface area (Å²) < 4.78 is 81.9. The van der Waals surface area contributed by atoms with E-state index in [0.29, 0.717) is 29.5 Å². The molecule has 0 bridgehead atoms. The van der Waals surface area contributed by atoms with Crippen LogP contribution in [0.1, 0.15) is 66.7 Å². The molecule has 4 rings (SSSR count). The van der Waals surface area contributed by atoms with E-state index in [1.807, 2.05) is 13.0 Å². The molecule has 0 saturated heterocycles. The first-order valence-corrected chi connectivity index (χ1v) is 10.7. The van der Waals surface area contributed by atoms with Crippen LogP contribution in [0, 0.1) is 29.3 Å². The fraction of sp³-hybridized carbons (Fsp3) is 0.440. The lowest BCUT2D eigenvalue weighted by molar-refractivity contribution is -0.140. The molecule has 4 atom stereocenters. The average Bonchev–Trinajstić information content (AvgIpc) is 2.70. The highest BCUT2D eigenvalue weighted by Gasteiger charge is 2.43. The van der Waals surface area contributed by atoms with Crippen molar-refractivity contribution >= 4 is 0 Å². The molecule has 1 saturated carbocycles. The summed E-state index contributed by atoms with van der Waals surface area (Å²) in [6.45, 7) is 2.00. The van der Waals surface area contributed by atoms with Crippen LogP contribution < -0.4 is 0 Å². The van der Waals surface area contributed by atoms with Gasteiger partial charge in [-0.15, -0.1) is 0 Å². The van der Waals surface area contributed by atoms with Crippen molar-refractivity contribution in [2.75, 3.05) is 0 Å². The summed E-state index contributed by atoms with van der Waals surface area (Å²) in [5.74, 6) is -2.74. The summed E-state index contributed by atoms with van der Waals surface area (Å²) in [5.41, 5.74) is 0.431. The van der Waals surface area contributed by atoms with Crippen molar-refractivity contribution in [2.24, 2.45) is 11.8 Å². The van der Waals surface area contributed by atoms with E-state index in [2.05, 4.69) is 6.08 Å². The lowest BCUT2D eigenvalue weighted by Crippen LogP contribution is -2.35. The second-order valence-electron chi connectivity index (χ2n) is 8.60. The maximum Gasteiger partial charge on any atom is 0.419 e. The molecule has 31 heavy (non-hydrogen) atoms. The molecule has 2 aliphatic carbocycles. The van der Waals surface area contributed by atoms with Crippen LogP contribution in [-0.2, 0) is 12.6 Å². The van der Waals surface area contributed by atoms with Crippen LogP contribution in [0.5, 0.6) is 0 Å². The summed E-state index contributed by atoms with van der Waals surface area (Å²) in [5, 5.41) is 0. The lowest BCUT2D eigenvalue weighted by Gasteiger charge is -2.46. The van der Waals surface area contributed by atoms with Crippen LogP contribution in [0.15, 0.2) is 42.5 Å². The van der Waals surface area contributed by atoms with Crippen LogP contribution in [0.25, 0.3) is 0 Å². The fourth-order valence-corrected chi connectivity index (χ4v) is 5.62. The minimum atomic E-state index is -4.75. The van der Waals surface area contributed by atoms with Crippen LogP contribution in [0.3, 0.4) is 0 Å². The minimum absolute atomic E-state index is 0.0231. The van der Waals surface area contributed by atoms with Gasteiger partial charge in [-0.1, -0.05) is 25.1 Å². The minimum Gasteiger partial charge on any atom is -0.207 e. The van der Waals surface area contributed by atoms with Crippen molar-refractivity contribution in [3.05, 3.63) is 82.2 Å². The molecule has 2 aromatic carbocycles. The number of hydrogen-bond acceptors (Lipinski definition) is 0. The standard InChI is InChI=1S/C25H24F6/c1-2-3-4-14-5-7-17-19(9-8-18-20(17)12-16(26)13-22(18)27)24(14)15-6-10-21(23(28)11-15)25(29,30)31/h3-4,6,10-14,17,19,24H,2,5,7-9H2,1H3/b4-3+/t14-,17-,19+,24-/m1/s1. The molecular weight excluding hydrogens is 414 g/mol. The Morgan fingerprint density at radius 2 is 1.74 bits per heavy atom. The van der Waals surface area contributed by atoms with Gasteiger partial charge in [-0.2, -0.15) is 13.2 Å². The normalized spacial score (nSPS) is 26.0. The summed E-state index contributed by atoms with van der Waals surface area (Å²) in [6.07, 6.45) is 2.68. The summed E-state index contributed by atoms with van der Waals surface area (Å²) >= 11 is 0. The van der Waals surface area contributed by atoms with Gasteiger partial charge < -0.3 is 0 Å².